The number of hydrogen-bond donors (Lipinski definition) is 1. The zero-order chi connectivity index (χ0) is 22.6. The Morgan fingerprint density at radius 2 is 1.31 bits per heavy atom. The summed E-state index contributed by atoms with van der Waals surface area (Å²) in [6.07, 6.45) is 1.00. The molecule has 1 heterocycles. The van der Waals surface area contributed by atoms with Gasteiger partial charge in [0.1, 0.15) is 0 Å². The Morgan fingerprint density at radius 1 is 0.812 bits per heavy atom. The fraction of sp³-hybridized carbons (Fsp3) is 0.357. The highest BCUT2D eigenvalue weighted by molar-refractivity contribution is 6.99. The summed E-state index contributed by atoms with van der Waals surface area (Å²) in [6.45, 7) is 9.74. The molecule has 2 atom stereocenters. The molecule has 0 amide bonds. The Labute approximate surface area is 194 Å². The maximum Gasteiger partial charge on any atom is 0.261 e. The van der Waals surface area contributed by atoms with Crippen LogP contribution in [0.15, 0.2) is 91.0 Å². The maximum absolute atomic E-state index is 7.37. The van der Waals surface area contributed by atoms with Crippen molar-refractivity contribution in [2.75, 3.05) is 13.1 Å². The molecule has 1 aliphatic rings. The van der Waals surface area contributed by atoms with Gasteiger partial charge in [-0.1, -0.05) is 112 Å². The van der Waals surface area contributed by atoms with Crippen LogP contribution in [0, 0.1) is 0 Å². The highest BCUT2D eigenvalue weighted by Crippen LogP contribution is 2.38. The Hall–Kier alpha value is -2.24. The van der Waals surface area contributed by atoms with E-state index in [2.05, 4.69) is 117 Å². The molecular formula is C28H36N2OSi. The molecule has 0 saturated carbocycles. The third-order valence-corrected chi connectivity index (χ3v) is 11.6. The predicted molar refractivity (Wildman–Crippen MR) is 137 cm³/mol. The second kappa shape index (κ2) is 9.71. The topological polar surface area (TPSA) is 38.5 Å². The number of piperidine rings is 1. The molecule has 1 fully saturated rings. The van der Waals surface area contributed by atoms with Gasteiger partial charge in [0, 0.05) is 25.7 Å². The van der Waals surface area contributed by atoms with Crippen LogP contribution in [0.5, 0.6) is 0 Å². The second-order valence-electron chi connectivity index (χ2n) is 10.1. The average molecular weight is 445 g/mol. The van der Waals surface area contributed by atoms with Gasteiger partial charge >= 0.3 is 0 Å². The normalized spacial score (nSPS) is 20.2. The zero-order valence-electron chi connectivity index (χ0n) is 19.6. The number of hydrogen-bond acceptors (Lipinski definition) is 3. The lowest BCUT2D eigenvalue weighted by atomic mass is 10.0. The van der Waals surface area contributed by atoms with E-state index in [9.17, 15) is 0 Å². The van der Waals surface area contributed by atoms with E-state index >= 15 is 0 Å². The largest absolute Gasteiger partial charge is 0.403 e. The molecule has 0 unspecified atom stereocenters. The highest BCUT2D eigenvalue weighted by Gasteiger charge is 2.51. The van der Waals surface area contributed by atoms with Crippen molar-refractivity contribution in [2.24, 2.45) is 5.73 Å². The molecule has 2 N–H and O–H groups in total. The van der Waals surface area contributed by atoms with E-state index in [1.54, 1.807) is 0 Å². The van der Waals surface area contributed by atoms with Crippen molar-refractivity contribution in [3.63, 3.8) is 0 Å². The fourth-order valence-electron chi connectivity index (χ4n) is 5.18. The van der Waals surface area contributed by atoms with Gasteiger partial charge in [-0.3, -0.25) is 4.90 Å². The van der Waals surface area contributed by atoms with Crippen LogP contribution in [0.4, 0.5) is 0 Å². The highest BCUT2D eigenvalue weighted by atomic mass is 28.4. The van der Waals surface area contributed by atoms with Gasteiger partial charge in [0.2, 0.25) is 0 Å². The van der Waals surface area contributed by atoms with E-state index in [4.69, 9.17) is 10.2 Å². The van der Waals surface area contributed by atoms with E-state index in [0.717, 1.165) is 26.1 Å². The average Bonchev–Trinajstić information content (AvgIpc) is 2.78. The van der Waals surface area contributed by atoms with Crippen LogP contribution in [0.25, 0.3) is 0 Å². The summed E-state index contributed by atoms with van der Waals surface area (Å²) in [7, 11) is -2.57. The first-order valence-electron chi connectivity index (χ1n) is 11.7. The second-order valence-corrected chi connectivity index (χ2v) is 14.3. The Balaban J connectivity index is 1.69. The maximum atomic E-state index is 7.37. The van der Waals surface area contributed by atoms with Crippen LogP contribution in [0.3, 0.4) is 0 Å². The number of benzene rings is 3. The van der Waals surface area contributed by atoms with Crippen LogP contribution in [-0.2, 0) is 11.0 Å². The molecular weight excluding hydrogens is 408 g/mol. The SMILES string of the molecule is CC(C)(C)[Si](O[C@@H]1C[C@@H](N)CN(Cc2ccccc2)C1)(c1ccccc1)c1ccccc1. The summed E-state index contributed by atoms with van der Waals surface area (Å²) in [5.41, 5.74) is 7.89. The van der Waals surface area contributed by atoms with Crippen LogP contribution in [0.1, 0.15) is 32.8 Å². The first-order valence-corrected chi connectivity index (χ1v) is 13.6. The summed E-state index contributed by atoms with van der Waals surface area (Å²) >= 11 is 0. The minimum absolute atomic E-state index is 0.0263. The number of likely N-dealkylation sites (tertiary alicyclic amines) is 1. The summed E-state index contributed by atoms with van der Waals surface area (Å²) in [4.78, 5) is 2.46. The zero-order valence-corrected chi connectivity index (χ0v) is 20.6. The van der Waals surface area contributed by atoms with Gasteiger partial charge in [-0.25, -0.2) is 0 Å². The minimum Gasteiger partial charge on any atom is -0.403 e. The first kappa shape index (κ1) is 22.9. The van der Waals surface area contributed by atoms with Gasteiger partial charge in [-0.15, -0.1) is 0 Å². The van der Waals surface area contributed by atoms with Gasteiger partial charge in [-0.2, -0.15) is 0 Å². The third-order valence-electron chi connectivity index (χ3n) is 6.53. The van der Waals surface area contributed by atoms with Crippen LogP contribution in [0.2, 0.25) is 5.04 Å². The first-order chi connectivity index (χ1) is 15.4. The van der Waals surface area contributed by atoms with Crippen LogP contribution >= 0.6 is 0 Å². The lowest BCUT2D eigenvalue weighted by Crippen LogP contribution is -2.69. The van der Waals surface area contributed by atoms with Crippen LogP contribution in [-0.4, -0.2) is 38.5 Å². The van der Waals surface area contributed by atoms with E-state index < -0.39 is 8.32 Å². The Kier molecular flexibility index (Phi) is 6.96. The molecule has 0 aromatic heterocycles. The summed E-state index contributed by atoms with van der Waals surface area (Å²) in [5.74, 6) is 0. The molecule has 0 bridgehead atoms. The molecule has 0 radical (unpaired) electrons. The lowest BCUT2D eigenvalue weighted by molar-refractivity contribution is 0.0664. The van der Waals surface area contributed by atoms with E-state index in [-0.39, 0.29) is 17.2 Å². The van der Waals surface area contributed by atoms with Gasteiger partial charge in [0.15, 0.2) is 0 Å². The molecule has 4 heteroatoms. The van der Waals surface area contributed by atoms with E-state index in [1.165, 1.54) is 15.9 Å². The van der Waals surface area contributed by atoms with E-state index in [1.807, 2.05) is 0 Å². The van der Waals surface area contributed by atoms with E-state index in [0.29, 0.717) is 0 Å². The van der Waals surface area contributed by atoms with Crippen molar-refractivity contribution in [1.82, 2.24) is 4.90 Å². The van der Waals surface area contributed by atoms with Gasteiger partial charge < -0.3 is 10.2 Å². The Morgan fingerprint density at radius 3 is 1.81 bits per heavy atom. The quantitative estimate of drug-likeness (QED) is 0.580. The smallest absolute Gasteiger partial charge is 0.261 e. The number of nitrogens with two attached hydrogens (primary N) is 1. The van der Waals surface area contributed by atoms with Gasteiger partial charge in [0.25, 0.3) is 8.32 Å². The van der Waals surface area contributed by atoms with Crippen molar-refractivity contribution in [3.8, 4) is 0 Å². The molecule has 3 aromatic rings. The summed E-state index contributed by atoms with van der Waals surface area (Å²) in [6, 6.07) is 32.6. The number of nitrogens with zero attached hydrogens (tertiary/aromatic N) is 1. The molecule has 0 aliphatic carbocycles. The van der Waals surface area contributed by atoms with Crippen molar-refractivity contribution in [3.05, 3.63) is 96.6 Å². The molecule has 3 aromatic carbocycles. The molecule has 1 saturated heterocycles. The fourth-order valence-corrected chi connectivity index (χ4v) is 9.86. The van der Waals surface area contributed by atoms with Crippen LogP contribution < -0.4 is 16.1 Å². The molecule has 1 aliphatic heterocycles. The van der Waals surface area contributed by atoms with Crippen molar-refractivity contribution >= 4 is 18.7 Å². The van der Waals surface area contributed by atoms with Gasteiger partial charge in [0.05, 0.1) is 6.10 Å². The minimum atomic E-state index is -2.57. The van der Waals surface area contributed by atoms with Crippen molar-refractivity contribution < 1.29 is 4.43 Å². The predicted octanol–water partition coefficient (Wildman–Crippen LogP) is 4.16. The third kappa shape index (κ3) is 4.89. The molecule has 4 rings (SSSR count). The summed E-state index contributed by atoms with van der Waals surface area (Å²) in [5, 5.41) is 2.63. The van der Waals surface area contributed by atoms with Crippen molar-refractivity contribution in [2.45, 2.75) is 50.9 Å². The van der Waals surface area contributed by atoms with Crippen molar-refractivity contribution in [1.29, 1.82) is 0 Å². The molecule has 32 heavy (non-hydrogen) atoms. The molecule has 0 spiro atoms. The lowest BCUT2D eigenvalue weighted by Gasteiger charge is -2.47. The molecule has 3 nitrogen and oxygen atoms in total. The number of rotatable bonds is 6. The Bertz CT molecular complexity index is 933. The summed E-state index contributed by atoms with van der Waals surface area (Å²) < 4.78 is 7.37. The molecule has 168 valence electrons. The van der Waals surface area contributed by atoms with Gasteiger partial charge in [-0.05, 0) is 27.4 Å². The monoisotopic (exact) mass is 444 g/mol. The standard InChI is InChI=1S/C28H36N2OSi/c1-28(2,3)32(26-15-9-5-10-16-26,27-17-11-6-12-18-27)31-25-19-24(29)21-30(22-25)20-23-13-7-4-8-14-23/h4-18,24-25H,19-22,29H2,1-3H3/t24-,25-/m1/s1.